The number of hydrogen-bond donors (Lipinski definition) is 6. The predicted octanol–water partition coefficient (Wildman–Crippen LogP) is 2.52. The van der Waals surface area contributed by atoms with Crippen LogP contribution in [0.1, 0.15) is 37.5 Å². The Morgan fingerprint density at radius 1 is 0.982 bits per heavy atom. The Morgan fingerprint density at radius 3 is 2.20 bits per heavy atom. The van der Waals surface area contributed by atoms with E-state index in [1.54, 1.807) is 0 Å². The minimum Gasteiger partial charge on any atom is -0.382 e. The number of pyridine rings is 1. The van der Waals surface area contributed by atoms with Crippen molar-refractivity contribution in [2.24, 2.45) is 0 Å². The Morgan fingerprint density at radius 2 is 1.61 bits per heavy atom. The van der Waals surface area contributed by atoms with Gasteiger partial charge in [-0.3, -0.25) is 13.9 Å². The molecule has 1 aliphatic heterocycles. The molecule has 0 saturated carbocycles. The second-order valence-corrected chi connectivity index (χ2v) is 17.6. The standard InChI is InChI=1S/C33H42N7O13P3/c1-37(2)25-11-9-22-17-23-10-12-26(38(3)4)19-29(23)39(28(22)18-25)16-6-8-30(41)35-15-5-7-24-20-40(33(42)36-32(24)34)31-14-13-27(51-31)21-50-55(46,47)53-56(48,49)52-54(43,44)45/h9-12,17-20,27,31H,6,8,13-16,21H2,1-4H3,(H6-,34,35,36,41,42,43,44,45,46,47,48,49)/p+1/t27-,31+/m0/s1. The first-order chi connectivity index (χ1) is 26.2. The molecule has 5 rings (SSSR count). The summed E-state index contributed by atoms with van der Waals surface area (Å²) in [6, 6.07) is 14.8. The third-order valence-electron chi connectivity index (χ3n) is 8.55. The summed E-state index contributed by atoms with van der Waals surface area (Å²) in [7, 11) is -8.61. The molecular formula is C33H43N7O13P3+. The van der Waals surface area contributed by atoms with Gasteiger partial charge in [0, 0.05) is 81.5 Å². The molecular weight excluding hydrogens is 795 g/mol. The fraction of sp³-hybridized carbons (Fsp3) is 0.394. The molecule has 1 fully saturated rings. The summed E-state index contributed by atoms with van der Waals surface area (Å²) in [5, 5.41) is 4.96. The van der Waals surface area contributed by atoms with Crippen molar-refractivity contribution < 1.29 is 60.5 Å². The number of phosphoric ester groups is 1. The van der Waals surface area contributed by atoms with Crippen molar-refractivity contribution in [3.8, 4) is 11.8 Å². The van der Waals surface area contributed by atoms with Gasteiger partial charge in [0.2, 0.25) is 16.9 Å². The topological polar surface area (TPSA) is 269 Å². The summed E-state index contributed by atoms with van der Waals surface area (Å²) in [6.07, 6.45) is 0.678. The second-order valence-electron chi connectivity index (χ2n) is 13.2. The first-order valence-corrected chi connectivity index (χ1v) is 21.6. The second kappa shape index (κ2) is 17.5. The van der Waals surface area contributed by atoms with Crippen molar-refractivity contribution in [1.29, 1.82) is 0 Å². The monoisotopic (exact) mass is 838 g/mol. The predicted molar refractivity (Wildman–Crippen MR) is 205 cm³/mol. The van der Waals surface area contributed by atoms with Gasteiger partial charge in [-0.15, -0.1) is 0 Å². The van der Waals surface area contributed by atoms with Gasteiger partial charge in [0.15, 0.2) is 0 Å². The lowest BCUT2D eigenvalue weighted by molar-refractivity contribution is -0.645. The number of benzene rings is 2. The van der Waals surface area contributed by atoms with Gasteiger partial charge in [0.1, 0.15) is 18.6 Å². The van der Waals surface area contributed by atoms with Gasteiger partial charge in [-0.05, 0) is 43.2 Å². The van der Waals surface area contributed by atoms with Crippen molar-refractivity contribution >= 4 is 68.4 Å². The lowest BCUT2D eigenvalue weighted by atomic mass is 10.1. The lowest BCUT2D eigenvalue weighted by Gasteiger charge is -2.19. The summed E-state index contributed by atoms with van der Waals surface area (Å²) in [6.45, 7) is -0.0920. The number of phosphoric acid groups is 3. The van der Waals surface area contributed by atoms with Crippen LogP contribution in [0.3, 0.4) is 0 Å². The molecule has 1 aliphatic rings. The number of nitrogens with zero attached hydrogens (tertiary/aromatic N) is 5. The summed E-state index contributed by atoms with van der Waals surface area (Å²) >= 11 is 0. The van der Waals surface area contributed by atoms with Crippen LogP contribution in [0.5, 0.6) is 0 Å². The average Bonchev–Trinajstić information content (AvgIpc) is 3.56. The summed E-state index contributed by atoms with van der Waals surface area (Å²) in [5.74, 6) is 5.25. The molecule has 0 bridgehead atoms. The highest BCUT2D eigenvalue weighted by atomic mass is 31.3. The lowest BCUT2D eigenvalue weighted by Crippen LogP contribution is -2.37. The van der Waals surface area contributed by atoms with Gasteiger partial charge < -0.3 is 45.2 Å². The zero-order chi connectivity index (χ0) is 41.0. The number of carbonyl (C=O) groups is 1. The highest BCUT2D eigenvalue weighted by Crippen LogP contribution is 2.66. The van der Waals surface area contributed by atoms with Gasteiger partial charge in [-0.25, -0.2) is 18.5 Å². The van der Waals surface area contributed by atoms with Gasteiger partial charge in [0.05, 0.1) is 24.8 Å². The van der Waals surface area contributed by atoms with Crippen molar-refractivity contribution in [2.75, 3.05) is 56.9 Å². The number of nitrogens with two attached hydrogens (primary N) is 1. The number of amides is 1. The highest BCUT2D eigenvalue weighted by molar-refractivity contribution is 7.66. The minimum absolute atomic E-state index is 0.0112. The quantitative estimate of drug-likeness (QED) is 0.0435. The Kier molecular flexibility index (Phi) is 13.4. The molecule has 2 unspecified atom stereocenters. The van der Waals surface area contributed by atoms with Crippen LogP contribution in [0.2, 0.25) is 0 Å². The van der Waals surface area contributed by atoms with E-state index in [9.17, 15) is 33.1 Å². The number of nitrogen functional groups attached to an aromatic ring is 1. The van der Waals surface area contributed by atoms with Crippen LogP contribution < -0.4 is 31.1 Å². The van der Waals surface area contributed by atoms with Crippen molar-refractivity contribution in [2.45, 2.75) is 44.6 Å². The maximum Gasteiger partial charge on any atom is 0.490 e. The molecule has 4 atom stereocenters. The number of ether oxygens (including phenoxy) is 1. The van der Waals surface area contributed by atoms with E-state index in [-0.39, 0.29) is 43.1 Å². The molecule has 20 nitrogen and oxygen atoms in total. The smallest absolute Gasteiger partial charge is 0.382 e. The van der Waals surface area contributed by atoms with Gasteiger partial charge in [-0.1, -0.05) is 11.8 Å². The maximum atomic E-state index is 12.9. The number of hydrogen-bond acceptors (Lipinski definition) is 13. The summed E-state index contributed by atoms with van der Waals surface area (Å²) < 4.78 is 55.5. The van der Waals surface area contributed by atoms with Crippen LogP contribution in [0.15, 0.2) is 53.5 Å². The van der Waals surface area contributed by atoms with Crippen LogP contribution in [-0.4, -0.2) is 82.5 Å². The molecule has 0 radical (unpaired) electrons. The molecule has 56 heavy (non-hydrogen) atoms. The number of carbonyl (C=O) groups excluding carboxylic acids is 1. The van der Waals surface area contributed by atoms with Crippen LogP contribution in [-0.2, 0) is 42.9 Å². The van der Waals surface area contributed by atoms with Crippen molar-refractivity contribution in [3.63, 3.8) is 0 Å². The van der Waals surface area contributed by atoms with Gasteiger partial charge >= 0.3 is 29.2 Å². The van der Waals surface area contributed by atoms with Crippen molar-refractivity contribution in [3.05, 3.63) is 64.7 Å². The number of aromatic nitrogens is 3. The van der Waals surface area contributed by atoms with Gasteiger partial charge in [0.25, 0.3) is 0 Å². The molecule has 302 valence electrons. The maximum absolute atomic E-state index is 12.9. The Hall–Kier alpha value is -4.21. The number of aryl methyl sites for hydroxylation is 1. The van der Waals surface area contributed by atoms with E-state index in [1.165, 1.54) is 6.20 Å². The van der Waals surface area contributed by atoms with E-state index >= 15 is 0 Å². The van der Waals surface area contributed by atoms with E-state index in [2.05, 4.69) is 82.3 Å². The molecule has 4 aromatic rings. The molecule has 1 saturated heterocycles. The summed E-state index contributed by atoms with van der Waals surface area (Å²) in [5.41, 5.74) is 9.57. The zero-order valence-electron chi connectivity index (χ0n) is 30.8. The number of nitrogens with one attached hydrogen (secondary N) is 1. The van der Waals surface area contributed by atoms with Crippen LogP contribution in [0, 0.1) is 11.8 Å². The fourth-order valence-electron chi connectivity index (χ4n) is 5.92. The van der Waals surface area contributed by atoms with Crippen LogP contribution in [0.25, 0.3) is 21.8 Å². The van der Waals surface area contributed by atoms with E-state index in [1.807, 2.05) is 38.0 Å². The van der Waals surface area contributed by atoms with Crippen LogP contribution >= 0.6 is 23.5 Å². The van der Waals surface area contributed by atoms with E-state index in [0.717, 1.165) is 37.7 Å². The Bertz CT molecular complexity index is 2330. The number of rotatable bonds is 15. The SMILES string of the molecule is CN(C)c1ccc2cc3ccc(N(C)C)cc3[n+](CCCC(=O)NCC#Cc3cn([C@H]4CC[C@@H](COP(=O)(O)OP(=O)(O)OP(=O)(O)O)O4)c(=O)nc3N)c2c1. The largest absolute Gasteiger partial charge is 0.490 e. The third kappa shape index (κ3) is 11.4. The molecule has 2 aromatic carbocycles. The molecule has 0 spiro atoms. The van der Waals surface area contributed by atoms with Gasteiger partial charge in [-0.2, -0.15) is 18.2 Å². The molecule has 7 N–H and O–H groups in total. The number of fused-ring (bicyclic) bond motifs is 2. The zero-order valence-corrected chi connectivity index (χ0v) is 33.5. The first-order valence-electron chi connectivity index (χ1n) is 17.0. The molecule has 23 heteroatoms. The van der Waals surface area contributed by atoms with E-state index < -0.39 is 48.1 Å². The van der Waals surface area contributed by atoms with Crippen LogP contribution in [0.4, 0.5) is 17.2 Å². The first kappa shape index (κ1) is 42.9. The molecule has 2 aromatic heterocycles. The number of anilines is 3. The van der Waals surface area contributed by atoms with E-state index in [4.69, 9.17) is 20.3 Å². The van der Waals surface area contributed by atoms with Crippen molar-refractivity contribution in [1.82, 2.24) is 14.9 Å². The Balaban J connectivity index is 1.17. The fourth-order valence-corrected chi connectivity index (χ4v) is 8.97. The minimum atomic E-state index is -5.68. The third-order valence-corrected chi connectivity index (χ3v) is 12.4. The average molecular weight is 839 g/mol. The molecule has 0 aliphatic carbocycles. The normalized spacial score (nSPS) is 17.9. The highest BCUT2D eigenvalue weighted by Gasteiger charge is 2.41. The van der Waals surface area contributed by atoms with E-state index in [0.29, 0.717) is 13.0 Å². The molecule has 3 heterocycles. The Labute approximate surface area is 321 Å². The summed E-state index contributed by atoms with van der Waals surface area (Å²) in [4.78, 5) is 69.7. The molecule has 1 amide bonds.